The monoisotopic (exact) mass is 471 g/mol. The lowest BCUT2D eigenvalue weighted by molar-refractivity contribution is 0.0981. The van der Waals surface area contributed by atoms with Crippen molar-refractivity contribution in [1.29, 1.82) is 0 Å². The van der Waals surface area contributed by atoms with Gasteiger partial charge in [0.05, 0.1) is 24.1 Å². The molecule has 0 saturated heterocycles. The highest BCUT2D eigenvalue weighted by Crippen LogP contribution is 2.26. The molecule has 0 bridgehead atoms. The number of anilines is 1. The van der Waals surface area contributed by atoms with Crippen molar-refractivity contribution >= 4 is 21.7 Å². The Morgan fingerprint density at radius 1 is 1.15 bits per heavy atom. The van der Waals surface area contributed by atoms with Gasteiger partial charge in [-0.2, -0.15) is 13.5 Å². The molecule has 2 heterocycles. The fourth-order valence-corrected chi connectivity index (χ4v) is 4.03. The first kappa shape index (κ1) is 24.2. The molecule has 0 aliphatic rings. The molecule has 1 amide bonds. The highest BCUT2D eigenvalue weighted by Gasteiger charge is 2.24. The number of aromatic nitrogens is 3. The summed E-state index contributed by atoms with van der Waals surface area (Å²) >= 11 is 0. The van der Waals surface area contributed by atoms with E-state index in [1.54, 1.807) is 12.1 Å². The van der Waals surface area contributed by atoms with Crippen LogP contribution in [0.3, 0.4) is 0 Å². The maximum atomic E-state index is 13.0. The van der Waals surface area contributed by atoms with Crippen molar-refractivity contribution in [2.45, 2.75) is 32.2 Å². The van der Waals surface area contributed by atoms with Gasteiger partial charge in [0.2, 0.25) is 0 Å². The zero-order chi connectivity index (χ0) is 24.0. The molecular formula is C23H29N5O4S. The lowest BCUT2D eigenvalue weighted by atomic mass is 10.1. The Kier molecular flexibility index (Phi) is 7.70. The molecule has 0 atom stereocenters. The van der Waals surface area contributed by atoms with Crippen LogP contribution < -0.4 is 14.4 Å². The average Bonchev–Trinajstić information content (AvgIpc) is 3.34. The summed E-state index contributed by atoms with van der Waals surface area (Å²) in [7, 11) is -2.24. The molecule has 0 radical (unpaired) electrons. The fraction of sp³-hybridized carbons (Fsp3) is 0.348. The molecule has 2 aromatic heterocycles. The molecule has 0 fully saturated rings. The first-order chi connectivity index (χ1) is 15.7. The second-order valence-corrected chi connectivity index (χ2v) is 9.64. The zero-order valence-electron chi connectivity index (χ0n) is 19.2. The topological polar surface area (TPSA) is 117 Å². The van der Waals surface area contributed by atoms with Gasteiger partial charge in [-0.1, -0.05) is 13.8 Å². The van der Waals surface area contributed by atoms with E-state index >= 15 is 0 Å². The number of rotatable bonds is 10. The number of carbonyl (C=O) groups excluding carboxylic acids is 1. The van der Waals surface area contributed by atoms with Crippen molar-refractivity contribution in [2.24, 2.45) is 5.92 Å². The molecule has 0 unspecified atom stereocenters. The van der Waals surface area contributed by atoms with Crippen molar-refractivity contribution in [3.05, 3.63) is 54.2 Å². The van der Waals surface area contributed by atoms with Crippen LogP contribution in [-0.4, -0.2) is 49.7 Å². The Balaban J connectivity index is 1.95. The lowest BCUT2D eigenvalue weighted by Gasteiger charge is -2.22. The van der Waals surface area contributed by atoms with Gasteiger partial charge in [0.15, 0.2) is 5.03 Å². The average molecular weight is 472 g/mol. The van der Waals surface area contributed by atoms with E-state index < -0.39 is 15.9 Å². The van der Waals surface area contributed by atoms with E-state index in [0.717, 1.165) is 17.7 Å². The van der Waals surface area contributed by atoms with E-state index in [0.29, 0.717) is 30.6 Å². The highest BCUT2D eigenvalue weighted by atomic mass is 32.2. The van der Waals surface area contributed by atoms with Gasteiger partial charge < -0.3 is 9.64 Å². The van der Waals surface area contributed by atoms with Gasteiger partial charge in [-0.05, 0) is 61.7 Å². The molecule has 3 rings (SSSR count). The van der Waals surface area contributed by atoms with Crippen LogP contribution >= 0.6 is 0 Å². The van der Waals surface area contributed by atoms with E-state index in [2.05, 4.69) is 28.8 Å². The normalized spacial score (nSPS) is 11.4. The van der Waals surface area contributed by atoms with E-state index in [9.17, 15) is 13.2 Å². The number of carbonyl (C=O) groups is 1. The largest absolute Gasteiger partial charge is 0.494 e. The van der Waals surface area contributed by atoms with Crippen LogP contribution in [0.2, 0.25) is 0 Å². The molecule has 1 aromatic carbocycles. The second-order valence-electron chi connectivity index (χ2n) is 7.98. The number of hydrogen-bond donors (Lipinski definition) is 2. The van der Waals surface area contributed by atoms with Crippen molar-refractivity contribution in [1.82, 2.24) is 19.9 Å². The Labute approximate surface area is 194 Å². The van der Waals surface area contributed by atoms with Crippen LogP contribution in [0.5, 0.6) is 5.75 Å². The van der Waals surface area contributed by atoms with Gasteiger partial charge in [0.1, 0.15) is 11.6 Å². The number of hydrogen-bond acceptors (Lipinski definition) is 7. The molecule has 176 valence electrons. The third kappa shape index (κ3) is 6.10. The summed E-state index contributed by atoms with van der Waals surface area (Å²) in [5.74, 6) is 0.858. The van der Waals surface area contributed by atoms with Crippen LogP contribution in [0.25, 0.3) is 11.3 Å². The molecule has 0 spiro atoms. The Hall–Kier alpha value is -3.40. The van der Waals surface area contributed by atoms with Gasteiger partial charge in [-0.3, -0.25) is 9.89 Å². The number of H-pyrrole nitrogens is 1. The Morgan fingerprint density at radius 3 is 2.48 bits per heavy atom. The summed E-state index contributed by atoms with van der Waals surface area (Å²) in [5, 5.41) is 5.80. The maximum Gasteiger partial charge on any atom is 0.281 e. The lowest BCUT2D eigenvalue weighted by Crippen LogP contribution is -2.33. The van der Waals surface area contributed by atoms with Gasteiger partial charge in [-0.15, -0.1) is 0 Å². The molecule has 9 nitrogen and oxygen atoms in total. The van der Waals surface area contributed by atoms with Crippen molar-refractivity contribution in [2.75, 3.05) is 25.1 Å². The summed E-state index contributed by atoms with van der Waals surface area (Å²) < 4.78 is 32.6. The number of ether oxygens (including phenoxy) is 1. The number of amides is 1. The first-order valence-electron chi connectivity index (χ1n) is 10.7. The van der Waals surface area contributed by atoms with Gasteiger partial charge >= 0.3 is 0 Å². The minimum Gasteiger partial charge on any atom is -0.494 e. The number of nitrogens with zero attached hydrogens (tertiary/aromatic N) is 3. The van der Waals surface area contributed by atoms with E-state index in [4.69, 9.17) is 9.72 Å². The predicted molar refractivity (Wildman–Crippen MR) is 127 cm³/mol. The van der Waals surface area contributed by atoms with Gasteiger partial charge in [-0.25, -0.2) is 9.71 Å². The highest BCUT2D eigenvalue weighted by molar-refractivity contribution is 7.90. The SMILES string of the molecule is CCOc1ccc(-c2ccc(C(=O)NS(=O)(=O)c3ccn[nH]3)c(N(C)CCC(C)C)n2)cc1. The maximum absolute atomic E-state index is 13.0. The van der Waals surface area contributed by atoms with Crippen LogP contribution in [0.4, 0.5) is 5.82 Å². The fourth-order valence-electron chi connectivity index (χ4n) is 3.15. The molecular weight excluding hydrogens is 442 g/mol. The quantitative estimate of drug-likeness (QED) is 0.465. The number of aromatic amines is 1. The number of pyridine rings is 1. The molecule has 0 aliphatic carbocycles. The van der Waals surface area contributed by atoms with Crippen LogP contribution in [0.15, 0.2) is 53.7 Å². The zero-order valence-corrected chi connectivity index (χ0v) is 20.0. The Morgan fingerprint density at radius 2 is 1.88 bits per heavy atom. The van der Waals surface area contributed by atoms with Crippen molar-refractivity contribution in [3.8, 4) is 17.0 Å². The van der Waals surface area contributed by atoms with Crippen LogP contribution in [0, 0.1) is 5.92 Å². The summed E-state index contributed by atoms with van der Waals surface area (Å²) in [4.78, 5) is 19.6. The summed E-state index contributed by atoms with van der Waals surface area (Å²) in [6.45, 7) is 7.38. The minimum absolute atomic E-state index is 0.166. The second kappa shape index (κ2) is 10.5. The van der Waals surface area contributed by atoms with E-state index in [-0.39, 0.29) is 10.6 Å². The minimum atomic E-state index is -4.08. The standard InChI is InChI=1S/C23H29N5O4S/c1-5-32-18-8-6-17(7-9-18)20-11-10-19(22(25-20)28(4)15-13-16(2)3)23(29)27-33(30,31)21-12-14-24-26-21/h6-12,14,16H,5,13,15H2,1-4H3,(H,24,26)(H,27,29). The molecule has 2 N–H and O–H groups in total. The number of benzene rings is 1. The third-order valence-corrected chi connectivity index (χ3v) is 6.24. The van der Waals surface area contributed by atoms with E-state index in [1.165, 1.54) is 12.3 Å². The Bertz CT molecular complexity index is 1180. The number of nitrogens with one attached hydrogen (secondary N) is 2. The molecule has 0 saturated carbocycles. The summed E-state index contributed by atoms with van der Waals surface area (Å²) in [6.07, 6.45) is 2.19. The van der Waals surface area contributed by atoms with E-state index in [1.807, 2.05) is 43.1 Å². The number of sulfonamides is 1. The van der Waals surface area contributed by atoms with Crippen LogP contribution in [-0.2, 0) is 10.0 Å². The molecule has 33 heavy (non-hydrogen) atoms. The molecule has 0 aliphatic heterocycles. The molecule has 10 heteroatoms. The van der Waals surface area contributed by atoms with Crippen molar-refractivity contribution < 1.29 is 17.9 Å². The summed E-state index contributed by atoms with van der Waals surface area (Å²) in [5.41, 5.74) is 1.69. The summed E-state index contributed by atoms with van der Waals surface area (Å²) in [6, 6.07) is 12.1. The van der Waals surface area contributed by atoms with Crippen molar-refractivity contribution in [3.63, 3.8) is 0 Å². The smallest absolute Gasteiger partial charge is 0.281 e. The van der Waals surface area contributed by atoms with Gasteiger partial charge in [0, 0.05) is 19.2 Å². The third-order valence-electron chi connectivity index (χ3n) is 4.98. The molecule has 3 aromatic rings. The van der Waals surface area contributed by atoms with Crippen LogP contribution in [0.1, 0.15) is 37.6 Å². The first-order valence-corrected chi connectivity index (χ1v) is 12.2. The van der Waals surface area contributed by atoms with Gasteiger partial charge in [0.25, 0.3) is 15.9 Å². The predicted octanol–water partition coefficient (Wildman–Crippen LogP) is 3.47.